The molecule has 19 heavy (non-hydrogen) atoms. The van der Waals surface area contributed by atoms with Crippen molar-refractivity contribution in [3.05, 3.63) is 0 Å². The number of carbonyl (C=O) groups excluding carboxylic acids is 1. The number of halogens is 1. The fraction of sp³-hybridized carbons (Fsp3) is 0.929. The monoisotopic (exact) mass is 290 g/mol. The average molecular weight is 291 g/mol. The molecule has 2 aliphatic rings. The van der Waals surface area contributed by atoms with E-state index in [1.807, 2.05) is 0 Å². The van der Waals surface area contributed by atoms with Crippen molar-refractivity contribution in [1.29, 1.82) is 0 Å². The van der Waals surface area contributed by atoms with Gasteiger partial charge >= 0.3 is 0 Å². The molecule has 0 aromatic heterocycles. The van der Waals surface area contributed by atoms with Gasteiger partial charge in [-0.2, -0.15) is 0 Å². The Morgan fingerprint density at radius 1 is 1.26 bits per heavy atom. The molecule has 0 unspecified atom stereocenters. The second kappa shape index (κ2) is 7.46. The van der Waals surface area contributed by atoms with Crippen molar-refractivity contribution < 1.29 is 9.53 Å². The Morgan fingerprint density at radius 2 is 1.89 bits per heavy atom. The Morgan fingerprint density at radius 3 is 2.37 bits per heavy atom. The van der Waals surface area contributed by atoms with Gasteiger partial charge in [-0.25, -0.2) is 0 Å². The number of rotatable bonds is 4. The first-order valence-electron chi connectivity index (χ1n) is 7.31. The van der Waals surface area contributed by atoms with Gasteiger partial charge in [0.05, 0.1) is 6.10 Å². The van der Waals surface area contributed by atoms with E-state index in [1.54, 1.807) is 0 Å². The predicted molar refractivity (Wildman–Crippen MR) is 78.4 cm³/mol. The van der Waals surface area contributed by atoms with Gasteiger partial charge in [-0.05, 0) is 39.5 Å². The Labute approximate surface area is 122 Å². The van der Waals surface area contributed by atoms with Crippen molar-refractivity contribution in [2.24, 2.45) is 5.73 Å². The number of carbonyl (C=O) groups is 1. The zero-order chi connectivity index (χ0) is 13.1. The van der Waals surface area contributed by atoms with Gasteiger partial charge in [-0.15, -0.1) is 12.4 Å². The van der Waals surface area contributed by atoms with Crippen LogP contribution in [0.15, 0.2) is 0 Å². The normalized spacial score (nSPS) is 27.6. The minimum Gasteiger partial charge on any atom is -0.364 e. The van der Waals surface area contributed by atoms with Crippen LogP contribution in [0.2, 0.25) is 0 Å². The van der Waals surface area contributed by atoms with Gasteiger partial charge in [-0.3, -0.25) is 4.79 Å². The van der Waals surface area contributed by atoms with E-state index >= 15 is 0 Å². The van der Waals surface area contributed by atoms with Crippen molar-refractivity contribution in [1.82, 2.24) is 4.90 Å². The number of hydrogen-bond donors (Lipinski definition) is 1. The van der Waals surface area contributed by atoms with Crippen LogP contribution in [0.25, 0.3) is 0 Å². The molecule has 2 N–H and O–H groups in total. The lowest BCUT2D eigenvalue weighted by atomic mass is 10.1. The molecule has 1 heterocycles. The molecule has 0 spiro atoms. The summed E-state index contributed by atoms with van der Waals surface area (Å²) in [4.78, 5) is 14.7. The lowest BCUT2D eigenvalue weighted by molar-refractivity contribution is -0.147. The first kappa shape index (κ1) is 16.7. The lowest BCUT2D eigenvalue weighted by Crippen LogP contribution is -2.48. The predicted octanol–water partition coefficient (Wildman–Crippen LogP) is 2.09. The molecule has 1 aliphatic carbocycles. The van der Waals surface area contributed by atoms with Gasteiger partial charge in [0.25, 0.3) is 5.91 Å². The summed E-state index contributed by atoms with van der Waals surface area (Å²) >= 11 is 0. The molecule has 112 valence electrons. The second-order valence-corrected chi connectivity index (χ2v) is 5.84. The molecule has 4 nitrogen and oxygen atoms in total. The summed E-state index contributed by atoms with van der Waals surface area (Å²) in [6.45, 7) is 4.73. The minimum atomic E-state index is -0.249. The van der Waals surface area contributed by atoms with E-state index in [0.717, 1.165) is 25.7 Å². The summed E-state index contributed by atoms with van der Waals surface area (Å²) in [5.74, 6) is 0.188. The van der Waals surface area contributed by atoms with Gasteiger partial charge < -0.3 is 15.4 Å². The van der Waals surface area contributed by atoms with Gasteiger partial charge in [-0.1, -0.05) is 12.8 Å². The smallest absolute Gasteiger partial charge is 0.252 e. The molecule has 1 saturated heterocycles. The van der Waals surface area contributed by atoms with Crippen molar-refractivity contribution in [3.8, 4) is 0 Å². The molecule has 0 bridgehead atoms. The molecule has 0 aromatic rings. The number of nitrogens with zero attached hydrogens (tertiary/aromatic N) is 1. The van der Waals surface area contributed by atoms with Gasteiger partial charge in [0.2, 0.25) is 0 Å². The highest BCUT2D eigenvalue weighted by Gasteiger charge is 2.37. The third kappa shape index (κ3) is 3.83. The van der Waals surface area contributed by atoms with Crippen LogP contribution in [-0.2, 0) is 9.53 Å². The maximum absolute atomic E-state index is 12.6. The van der Waals surface area contributed by atoms with E-state index in [-0.39, 0.29) is 36.6 Å². The van der Waals surface area contributed by atoms with Crippen molar-refractivity contribution in [2.45, 2.75) is 76.7 Å². The summed E-state index contributed by atoms with van der Waals surface area (Å²) in [6.07, 6.45) is 6.38. The summed E-state index contributed by atoms with van der Waals surface area (Å²) in [5.41, 5.74) is 5.60. The molecule has 0 radical (unpaired) electrons. The molecule has 1 amide bonds. The highest BCUT2D eigenvalue weighted by molar-refractivity contribution is 5.85. The zero-order valence-corrected chi connectivity index (χ0v) is 12.8. The Bertz CT molecular complexity index is 293. The van der Waals surface area contributed by atoms with E-state index in [4.69, 9.17) is 10.5 Å². The summed E-state index contributed by atoms with van der Waals surface area (Å²) in [5, 5.41) is 0. The SMILES string of the molecule is CC(C)N(C(=O)[C@@H]1CC[C@H](CN)O1)C1CCCC1.Cl. The van der Waals surface area contributed by atoms with Crippen LogP contribution in [0.3, 0.4) is 0 Å². The van der Waals surface area contributed by atoms with Crippen LogP contribution < -0.4 is 5.73 Å². The van der Waals surface area contributed by atoms with E-state index in [1.165, 1.54) is 12.8 Å². The maximum Gasteiger partial charge on any atom is 0.252 e. The number of hydrogen-bond acceptors (Lipinski definition) is 3. The Kier molecular flexibility index (Phi) is 6.57. The molecule has 5 heteroatoms. The van der Waals surface area contributed by atoms with Crippen LogP contribution in [0.4, 0.5) is 0 Å². The summed E-state index contributed by atoms with van der Waals surface area (Å²) < 4.78 is 5.75. The lowest BCUT2D eigenvalue weighted by Gasteiger charge is -2.34. The van der Waals surface area contributed by atoms with Gasteiger partial charge in [0, 0.05) is 18.6 Å². The first-order valence-corrected chi connectivity index (χ1v) is 7.31. The Hall–Kier alpha value is -0.320. The zero-order valence-electron chi connectivity index (χ0n) is 12.0. The Balaban J connectivity index is 0.00000180. The maximum atomic E-state index is 12.6. The topological polar surface area (TPSA) is 55.6 Å². The average Bonchev–Trinajstić information content (AvgIpc) is 2.99. The van der Waals surface area contributed by atoms with Gasteiger partial charge in [0.15, 0.2) is 0 Å². The molecule has 0 aromatic carbocycles. The standard InChI is InChI=1S/C14H26N2O2.ClH/c1-10(2)16(11-5-3-4-6-11)14(17)13-8-7-12(9-15)18-13;/h10-13H,3-9,15H2,1-2H3;1H/t12-,13+;/m1./s1. The van der Waals surface area contributed by atoms with E-state index < -0.39 is 0 Å². The van der Waals surface area contributed by atoms with Crippen LogP contribution in [0.5, 0.6) is 0 Å². The molecule has 2 rings (SSSR count). The second-order valence-electron chi connectivity index (χ2n) is 5.84. The molecular formula is C14H27ClN2O2. The van der Waals surface area contributed by atoms with Crippen LogP contribution in [0.1, 0.15) is 52.4 Å². The number of ether oxygens (including phenoxy) is 1. The highest BCUT2D eigenvalue weighted by atomic mass is 35.5. The van der Waals surface area contributed by atoms with Crippen LogP contribution in [-0.4, -0.2) is 41.6 Å². The third-order valence-electron chi connectivity index (χ3n) is 4.17. The van der Waals surface area contributed by atoms with E-state index in [0.29, 0.717) is 12.6 Å². The first-order chi connectivity index (χ1) is 8.63. The third-order valence-corrected chi connectivity index (χ3v) is 4.17. The van der Waals surface area contributed by atoms with Crippen molar-refractivity contribution in [2.75, 3.05) is 6.54 Å². The van der Waals surface area contributed by atoms with Gasteiger partial charge in [0.1, 0.15) is 6.10 Å². The van der Waals surface area contributed by atoms with Crippen LogP contribution in [0, 0.1) is 0 Å². The van der Waals surface area contributed by atoms with E-state index in [9.17, 15) is 4.79 Å². The molecular weight excluding hydrogens is 264 g/mol. The molecule has 2 fully saturated rings. The molecule has 2 atom stereocenters. The number of nitrogens with two attached hydrogens (primary N) is 1. The van der Waals surface area contributed by atoms with E-state index in [2.05, 4.69) is 18.7 Å². The number of amides is 1. The van der Waals surface area contributed by atoms with Crippen molar-refractivity contribution in [3.63, 3.8) is 0 Å². The minimum absolute atomic E-state index is 0. The molecule has 1 aliphatic heterocycles. The fourth-order valence-electron chi connectivity index (χ4n) is 3.27. The quantitative estimate of drug-likeness (QED) is 0.862. The van der Waals surface area contributed by atoms with Crippen LogP contribution >= 0.6 is 12.4 Å². The summed E-state index contributed by atoms with van der Waals surface area (Å²) in [6, 6.07) is 0.694. The fourth-order valence-corrected chi connectivity index (χ4v) is 3.27. The highest BCUT2D eigenvalue weighted by Crippen LogP contribution is 2.28. The van der Waals surface area contributed by atoms with Crippen molar-refractivity contribution >= 4 is 18.3 Å². The molecule has 1 saturated carbocycles. The largest absolute Gasteiger partial charge is 0.364 e. The summed E-state index contributed by atoms with van der Waals surface area (Å²) in [7, 11) is 0.